The van der Waals surface area contributed by atoms with Crippen molar-refractivity contribution in [1.82, 2.24) is 5.32 Å². The maximum Gasteiger partial charge on any atom is 0.417 e. The van der Waals surface area contributed by atoms with E-state index in [0.717, 1.165) is 6.42 Å². The molecule has 1 N–H and O–H groups in total. The van der Waals surface area contributed by atoms with Gasteiger partial charge in [-0.05, 0) is 30.5 Å². The second kappa shape index (κ2) is 9.29. The highest BCUT2D eigenvalue weighted by Gasteiger charge is 2.39. The number of esters is 1. The average Bonchev–Trinajstić information content (AvgIpc) is 2.57. The first-order valence-electron chi connectivity index (χ1n) is 8.55. The van der Waals surface area contributed by atoms with E-state index in [-0.39, 0.29) is 24.8 Å². The second-order valence-corrected chi connectivity index (χ2v) is 6.47. The Bertz CT molecular complexity index is 698. The lowest BCUT2D eigenvalue weighted by molar-refractivity contribution is -0.147. The van der Waals surface area contributed by atoms with Gasteiger partial charge in [-0.1, -0.05) is 27.2 Å². The molecule has 1 aromatic rings. The van der Waals surface area contributed by atoms with Gasteiger partial charge in [-0.3, -0.25) is 4.79 Å². The number of hydrogen-bond donors (Lipinski definition) is 1. The molecule has 28 heavy (non-hydrogen) atoms. The summed E-state index contributed by atoms with van der Waals surface area (Å²) in [5.74, 6) is -2.86. The molecule has 0 aliphatic heterocycles. The third-order valence-electron chi connectivity index (χ3n) is 3.85. The maximum atomic E-state index is 13.1. The van der Waals surface area contributed by atoms with E-state index >= 15 is 0 Å². The molecule has 1 rings (SSSR count). The minimum atomic E-state index is -5.05. The third-order valence-corrected chi connectivity index (χ3v) is 3.85. The first-order valence-corrected chi connectivity index (χ1v) is 8.55. The lowest BCUT2D eigenvalue weighted by Crippen LogP contribution is -2.45. The summed E-state index contributed by atoms with van der Waals surface area (Å²) in [5.41, 5.74) is -4.15. The van der Waals surface area contributed by atoms with Gasteiger partial charge in [-0.2, -0.15) is 26.3 Å². The Kier molecular flexibility index (Phi) is 7.89. The number of benzene rings is 1. The topological polar surface area (TPSA) is 55.4 Å². The molecule has 1 amide bonds. The fourth-order valence-electron chi connectivity index (χ4n) is 2.28. The van der Waals surface area contributed by atoms with E-state index in [2.05, 4.69) is 5.32 Å². The Morgan fingerprint density at radius 1 is 1.07 bits per heavy atom. The van der Waals surface area contributed by atoms with Crippen molar-refractivity contribution in [3.63, 3.8) is 0 Å². The Morgan fingerprint density at radius 2 is 1.68 bits per heavy atom. The quantitative estimate of drug-likeness (QED) is 0.396. The van der Waals surface area contributed by atoms with E-state index in [0.29, 0.717) is 6.42 Å². The lowest BCUT2D eigenvalue weighted by Gasteiger charge is -2.22. The first-order chi connectivity index (χ1) is 12.8. The molecule has 0 saturated heterocycles. The van der Waals surface area contributed by atoms with Crippen LogP contribution in [0.15, 0.2) is 18.2 Å². The predicted octanol–water partition coefficient (Wildman–Crippen LogP) is 4.82. The van der Waals surface area contributed by atoms with Gasteiger partial charge in [0.25, 0.3) is 5.91 Å². The van der Waals surface area contributed by atoms with Gasteiger partial charge in [0, 0.05) is 0 Å². The summed E-state index contributed by atoms with van der Waals surface area (Å²) >= 11 is 0. The van der Waals surface area contributed by atoms with Crippen LogP contribution in [0.2, 0.25) is 0 Å². The Hall–Kier alpha value is -2.26. The van der Waals surface area contributed by atoms with E-state index < -0.39 is 52.9 Å². The molecule has 4 nitrogen and oxygen atoms in total. The summed E-state index contributed by atoms with van der Waals surface area (Å²) in [7, 11) is 0. The van der Waals surface area contributed by atoms with Crippen molar-refractivity contribution in [2.45, 2.75) is 52.0 Å². The van der Waals surface area contributed by atoms with Crippen LogP contribution >= 0.6 is 0 Å². The van der Waals surface area contributed by atoms with Gasteiger partial charge in [0.1, 0.15) is 6.04 Å². The van der Waals surface area contributed by atoms with Crippen LogP contribution in [-0.2, 0) is 21.9 Å². The van der Waals surface area contributed by atoms with Crippen molar-refractivity contribution in [2.75, 3.05) is 6.61 Å². The van der Waals surface area contributed by atoms with Gasteiger partial charge >= 0.3 is 18.3 Å². The highest BCUT2D eigenvalue weighted by Crippen LogP contribution is 2.36. The molecular weight excluding hydrogens is 392 g/mol. The number of halogens is 6. The van der Waals surface area contributed by atoms with E-state index in [1.807, 2.05) is 6.92 Å². The number of carbonyl (C=O) groups excluding carboxylic acids is 2. The number of hydrogen-bond acceptors (Lipinski definition) is 3. The van der Waals surface area contributed by atoms with Crippen molar-refractivity contribution < 1.29 is 40.7 Å². The van der Waals surface area contributed by atoms with Crippen molar-refractivity contribution in [3.8, 4) is 0 Å². The molecule has 0 bridgehead atoms. The Balaban J connectivity index is 3.21. The number of nitrogens with one attached hydrogen (secondary N) is 1. The first kappa shape index (κ1) is 23.8. The van der Waals surface area contributed by atoms with E-state index in [4.69, 9.17) is 4.74 Å². The molecule has 10 heteroatoms. The van der Waals surface area contributed by atoms with Crippen LogP contribution in [0.4, 0.5) is 26.3 Å². The van der Waals surface area contributed by atoms with Crippen LogP contribution in [0, 0.1) is 5.92 Å². The largest absolute Gasteiger partial charge is 0.464 e. The van der Waals surface area contributed by atoms with Crippen LogP contribution in [0.1, 0.15) is 55.1 Å². The molecule has 0 heterocycles. The monoisotopic (exact) mass is 413 g/mol. The molecular formula is C18H21F6NO3. The van der Waals surface area contributed by atoms with Gasteiger partial charge < -0.3 is 10.1 Å². The van der Waals surface area contributed by atoms with E-state index in [9.17, 15) is 35.9 Å². The van der Waals surface area contributed by atoms with Crippen LogP contribution in [0.25, 0.3) is 0 Å². The zero-order valence-corrected chi connectivity index (χ0v) is 15.5. The molecule has 1 atom stereocenters. The number of alkyl halides is 6. The average molecular weight is 413 g/mol. The smallest absolute Gasteiger partial charge is 0.417 e. The normalized spacial score (nSPS) is 13.4. The molecule has 0 radical (unpaired) electrons. The number of ether oxygens (including phenoxy) is 1. The Labute approximate surface area is 158 Å². The number of unbranched alkanes of at least 4 members (excludes halogenated alkanes) is 1. The van der Waals surface area contributed by atoms with E-state index in [1.54, 1.807) is 0 Å². The van der Waals surface area contributed by atoms with Gasteiger partial charge in [-0.15, -0.1) is 0 Å². The van der Waals surface area contributed by atoms with Crippen molar-refractivity contribution in [2.24, 2.45) is 5.92 Å². The summed E-state index contributed by atoms with van der Waals surface area (Å²) in [6.07, 6.45) is -8.71. The summed E-state index contributed by atoms with van der Waals surface area (Å²) in [4.78, 5) is 24.4. The van der Waals surface area contributed by atoms with Crippen LogP contribution in [0.5, 0.6) is 0 Å². The standard InChI is InChI=1S/C18H21F6NO3/c1-4-5-8-28-16(27)14(10(2)3)25-15(26)12-9-11(17(19,20)21)6-7-13(12)18(22,23)24/h6-7,9-10,14H,4-5,8H2,1-3H3,(H,25,26). The lowest BCUT2D eigenvalue weighted by atomic mass is 10.00. The molecule has 0 spiro atoms. The van der Waals surface area contributed by atoms with Crippen molar-refractivity contribution in [1.29, 1.82) is 0 Å². The summed E-state index contributed by atoms with van der Waals surface area (Å²) in [5, 5.41) is 2.07. The second-order valence-electron chi connectivity index (χ2n) is 6.47. The summed E-state index contributed by atoms with van der Waals surface area (Å²) in [6.45, 7) is 4.94. The summed E-state index contributed by atoms with van der Waals surface area (Å²) < 4.78 is 83.0. The third kappa shape index (κ3) is 6.42. The Morgan fingerprint density at radius 3 is 2.14 bits per heavy atom. The fraction of sp³-hybridized carbons (Fsp3) is 0.556. The van der Waals surface area contributed by atoms with Gasteiger partial charge in [0.05, 0.1) is 23.3 Å². The molecule has 1 unspecified atom stereocenters. The summed E-state index contributed by atoms with van der Waals surface area (Å²) in [6, 6.07) is -0.738. The van der Waals surface area contributed by atoms with Gasteiger partial charge in [-0.25, -0.2) is 4.79 Å². The van der Waals surface area contributed by atoms with E-state index in [1.165, 1.54) is 13.8 Å². The molecule has 0 aliphatic rings. The van der Waals surface area contributed by atoms with Crippen LogP contribution in [-0.4, -0.2) is 24.5 Å². The molecule has 0 aliphatic carbocycles. The van der Waals surface area contributed by atoms with Crippen LogP contribution in [0.3, 0.4) is 0 Å². The molecule has 158 valence electrons. The predicted molar refractivity (Wildman–Crippen MR) is 88.4 cm³/mol. The number of amides is 1. The minimum absolute atomic E-state index is 0.0613. The number of carbonyl (C=O) groups is 2. The molecule has 0 saturated carbocycles. The van der Waals surface area contributed by atoms with Gasteiger partial charge in [0.15, 0.2) is 0 Å². The number of rotatable bonds is 7. The van der Waals surface area contributed by atoms with Crippen molar-refractivity contribution in [3.05, 3.63) is 34.9 Å². The fourth-order valence-corrected chi connectivity index (χ4v) is 2.28. The molecule has 1 aromatic carbocycles. The molecule has 0 fully saturated rings. The maximum absolute atomic E-state index is 13.1. The SMILES string of the molecule is CCCCOC(=O)C(NC(=O)c1cc(C(F)(F)F)ccc1C(F)(F)F)C(C)C. The molecule has 0 aromatic heterocycles. The highest BCUT2D eigenvalue weighted by molar-refractivity contribution is 5.98. The zero-order chi connectivity index (χ0) is 21.7. The van der Waals surface area contributed by atoms with Crippen molar-refractivity contribution >= 4 is 11.9 Å². The minimum Gasteiger partial charge on any atom is -0.464 e. The highest BCUT2D eigenvalue weighted by atomic mass is 19.4. The zero-order valence-electron chi connectivity index (χ0n) is 15.5. The van der Waals surface area contributed by atoms with Gasteiger partial charge in [0.2, 0.25) is 0 Å². The van der Waals surface area contributed by atoms with Crippen LogP contribution < -0.4 is 5.32 Å².